The van der Waals surface area contributed by atoms with Crippen molar-refractivity contribution in [3.8, 4) is 0 Å². The van der Waals surface area contributed by atoms with E-state index in [0.717, 1.165) is 24.2 Å². The van der Waals surface area contributed by atoms with Crippen LogP contribution in [0, 0.1) is 0 Å². The van der Waals surface area contributed by atoms with Crippen LogP contribution in [0.15, 0.2) is 54.6 Å². The van der Waals surface area contributed by atoms with Gasteiger partial charge in [-0.15, -0.1) is 0 Å². The highest BCUT2D eigenvalue weighted by Crippen LogP contribution is 2.39. The fourth-order valence-electron chi connectivity index (χ4n) is 3.13. The van der Waals surface area contributed by atoms with Crippen molar-refractivity contribution < 1.29 is 8.42 Å². The molecule has 0 saturated carbocycles. The Hall–Kier alpha value is -1.85. The molecule has 2 aromatic carbocycles. The number of hydrogen-bond donors (Lipinski definition) is 1. The summed E-state index contributed by atoms with van der Waals surface area (Å²) < 4.78 is 27.9. The second-order valence-electron chi connectivity index (χ2n) is 5.85. The molecule has 3 rings (SSSR count). The van der Waals surface area contributed by atoms with Crippen LogP contribution in [0.4, 0.5) is 11.4 Å². The minimum atomic E-state index is -3.41. The van der Waals surface area contributed by atoms with Crippen LogP contribution in [0.5, 0.6) is 0 Å². The van der Waals surface area contributed by atoms with Crippen LogP contribution < -0.4 is 9.62 Å². The maximum Gasteiger partial charge on any atom is 0.242 e. The predicted molar refractivity (Wildman–Crippen MR) is 94.6 cm³/mol. The number of benzene rings is 2. The highest BCUT2D eigenvalue weighted by Gasteiger charge is 2.38. The zero-order valence-corrected chi connectivity index (χ0v) is 14.1. The van der Waals surface area contributed by atoms with Crippen molar-refractivity contribution in [2.75, 3.05) is 17.9 Å². The molecule has 0 spiro atoms. The Morgan fingerprint density at radius 1 is 1.09 bits per heavy atom. The average molecular weight is 330 g/mol. The molecule has 1 aliphatic heterocycles. The average Bonchev–Trinajstić information content (AvgIpc) is 2.56. The number of rotatable bonds is 5. The molecule has 0 aliphatic carbocycles. The van der Waals surface area contributed by atoms with Crippen molar-refractivity contribution in [2.24, 2.45) is 0 Å². The van der Waals surface area contributed by atoms with Gasteiger partial charge in [0.1, 0.15) is 0 Å². The maximum atomic E-state index is 13.2. The maximum absolute atomic E-state index is 13.2. The lowest BCUT2D eigenvalue weighted by atomic mass is 10.0. The molecule has 0 aromatic heterocycles. The largest absolute Gasteiger partial charge is 0.320 e. The van der Waals surface area contributed by atoms with E-state index in [9.17, 15) is 8.42 Å². The molecule has 0 bridgehead atoms. The molecule has 1 heterocycles. The number of fused-ring (bicyclic) bond motifs is 1. The summed E-state index contributed by atoms with van der Waals surface area (Å²) in [6, 6.07) is 17.1. The molecule has 4 nitrogen and oxygen atoms in total. The van der Waals surface area contributed by atoms with E-state index in [1.54, 1.807) is 0 Å². The van der Waals surface area contributed by atoms with E-state index in [1.165, 1.54) is 4.31 Å². The lowest BCUT2D eigenvalue weighted by Crippen LogP contribution is -2.41. The predicted octanol–water partition coefficient (Wildman–Crippen LogP) is 3.08. The van der Waals surface area contributed by atoms with E-state index < -0.39 is 10.0 Å². The van der Waals surface area contributed by atoms with Gasteiger partial charge in [-0.25, -0.2) is 12.7 Å². The van der Waals surface area contributed by atoms with Crippen molar-refractivity contribution in [3.63, 3.8) is 0 Å². The Morgan fingerprint density at radius 3 is 2.52 bits per heavy atom. The van der Waals surface area contributed by atoms with Crippen molar-refractivity contribution in [1.29, 1.82) is 0 Å². The first kappa shape index (κ1) is 16.0. The number of hydrogen-bond acceptors (Lipinski definition) is 3. The molecule has 5 heteroatoms. The van der Waals surface area contributed by atoms with Gasteiger partial charge in [-0.2, -0.15) is 0 Å². The first-order chi connectivity index (χ1) is 11.1. The van der Waals surface area contributed by atoms with Gasteiger partial charge in [0.2, 0.25) is 10.0 Å². The fraction of sp³-hybridized carbons (Fsp3) is 0.333. The molecular formula is C18H22N2O2S. The minimum absolute atomic E-state index is 0.369. The number of sulfonamides is 1. The summed E-state index contributed by atoms with van der Waals surface area (Å²) in [5.74, 6) is 0. The summed E-state index contributed by atoms with van der Waals surface area (Å²) >= 11 is 0. The second kappa shape index (κ2) is 6.72. The Bertz CT molecular complexity index is 760. The van der Waals surface area contributed by atoms with Crippen LogP contribution in [0.2, 0.25) is 0 Å². The third kappa shape index (κ3) is 3.12. The zero-order chi connectivity index (χ0) is 16.3. The van der Waals surface area contributed by atoms with Crippen LogP contribution >= 0.6 is 0 Å². The standard InChI is InChI=1S/C18H22N2O2S/c1-19-13-7-11-17-14-15-8-5-6-12-18(15)20(23(17,21)22)16-9-3-2-4-10-16/h2-6,8-10,12,17,19H,7,11,13-14H2,1H3/t17-/m1/s1. The Balaban J connectivity index is 2.04. The summed E-state index contributed by atoms with van der Waals surface area (Å²) in [6.07, 6.45) is 2.11. The monoisotopic (exact) mass is 330 g/mol. The highest BCUT2D eigenvalue weighted by atomic mass is 32.2. The van der Waals surface area contributed by atoms with Gasteiger partial charge in [0, 0.05) is 0 Å². The van der Waals surface area contributed by atoms with Gasteiger partial charge < -0.3 is 5.32 Å². The molecular weight excluding hydrogens is 308 g/mol. The topological polar surface area (TPSA) is 49.4 Å². The normalized spacial score (nSPS) is 19.3. The third-order valence-corrected chi connectivity index (χ3v) is 6.44. The summed E-state index contributed by atoms with van der Waals surface area (Å²) in [4.78, 5) is 0. The minimum Gasteiger partial charge on any atom is -0.320 e. The summed E-state index contributed by atoms with van der Waals surface area (Å²) in [7, 11) is -1.52. The Morgan fingerprint density at radius 2 is 1.78 bits per heavy atom. The van der Waals surface area contributed by atoms with E-state index in [0.29, 0.717) is 18.5 Å². The van der Waals surface area contributed by atoms with E-state index in [1.807, 2.05) is 61.6 Å². The van der Waals surface area contributed by atoms with Crippen molar-refractivity contribution in [3.05, 3.63) is 60.2 Å². The molecule has 1 atom stereocenters. The van der Waals surface area contributed by atoms with E-state index in [2.05, 4.69) is 5.32 Å². The van der Waals surface area contributed by atoms with Crippen LogP contribution in [-0.2, 0) is 16.4 Å². The summed E-state index contributed by atoms with van der Waals surface area (Å²) in [5, 5.41) is 2.72. The number of nitrogens with one attached hydrogen (secondary N) is 1. The molecule has 1 N–H and O–H groups in total. The first-order valence-electron chi connectivity index (χ1n) is 7.96. The highest BCUT2D eigenvalue weighted by molar-refractivity contribution is 7.93. The van der Waals surface area contributed by atoms with E-state index >= 15 is 0 Å². The van der Waals surface area contributed by atoms with E-state index in [-0.39, 0.29) is 5.25 Å². The van der Waals surface area contributed by atoms with Crippen LogP contribution in [-0.4, -0.2) is 27.3 Å². The van der Waals surface area contributed by atoms with Crippen molar-refractivity contribution >= 4 is 21.4 Å². The number of anilines is 2. The van der Waals surface area contributed by atoms with Gasteiger partial charge in [0.25, 0.3) is 0 Å². The summed E-state index contributed by atoms with van der Waals surface area (Å²) in [5.41, 5.74) is 2.59. The molecule has 0 unspecified atom stereocenters. The van der Waals surface area contributed by atoms with Crippen LogP contribution in [0.1, 0.15) is 18.4 Å². The number of para-hydroxylation sites is 2. The van der Waals surface area contributed by atoms with Gasteiger partial charge in [0.05, 0.1) is 16.6 Å². The zero-order valence-electron chi connectivity index (χ0n) is 13.3. The molecule has 23 heavy (non-hydrogen) atoms. The number of nitrogens with zero attached hydrogens (tertiary/aromatic N) is 1. The van der Waals surface area contributed by atoms with E-state index in [4.69, 9.17) is 0 Å². The Labute approximate surface area is 138 Å². The molecule has 0 amide bonds. The molecule has 122 valence electrons. The Kier molecular flexibility index (Phi) is 4.68. The lowest BCUT2D eigenvalue weighted by Gasteiger charge is -2.35. The van der Waals surface area contributed by atoms with Gasteiger partial charge >= 0.3 is 0 Å². The fourth-order valence-corrected chi connectivity index (χ4v) is 5.15. The van der Waals surface area contributed by atoms with Gasteiger partial charge in [0.15, 0.2) is 0 Å². The van der Waals surface area contributed by atoms with Crippen LogP contribution in [0.3, 0.4) is 0 Å². The van der Waals surface area contributed by atoms with Gasteiger partial charge in [-0.1, -0.05) is 36.4 Å². The lowest BCUT2D eigenvalue weighted by molar-refractivity contribution is 0.554. The van der Waals surface area contributed by atoms with Crippen LogP contribution in [0.25, 0.3) is 0 Å². The van der Waals surface area contributed by atoms with Gasteiger partial charge in [-0.05, 0) is 56.6 Å². The molecule has 0 saturated heterocycles. The molecule has 0 fully saturated rings. The first-order valence-corrected chi connectivity index (χ1v) is 9.46. The smallest absolute Gasteiger partial charge is 0.242 e. The third-order valence-electron chi connectivity index (χ3n) is 4.28. The molecule has 0 radical (unpaired) electrons. The van der Waals surface area contributed by atoms with Crippen molar-refractivity contribution in [2.45, 2.75) is 24.5 Å². The SMILES string of the molecule is CNCCC[C@@H]1Cc2ccccc2N(c2ccccc2)S1(=O)=O. The molecule has 2 aromatic rings. The van der Waals surface area contributed by atoms with Gasteiger partial charge in [-0.3, -0.25) is 0 Å². The quantitative estimate of drug-likeness (QED) is 0.857. The van der Waals surface area contributed by atoms with Crippen molar-refractivity contribution in [1.82, 2.24) is 5.32 Å². The molecule has 1 aliphatic rings. The second-order valence-corrected chi connectivity index (χ2v) is 7.91. The summed E-state index contributed by atoms with van der Waals surface area (Å²) in [6.45, 7) is 0.832.